The minimum atomic E-state index is -0.0217. The van der Waals surface area contributed by atoms with Crippen molar-refractivity contribution in [2.45, 2.75) is 24.9 Å². The maximum atomic E-state index is 11.9. The number of hydrogen-bond donors (Lipinski definition) is 1. The summed E-state index contributed by atoms with van der Waals surface area (Å²) in [6.45, 7) is 4.97. The summed E-state index contributed by atoms with van der Waals surface area (Å²) in [5, 5.41) is 2.71. The van der Waals surface area contributed by atoms with Crippen LogP contribution in [0, 0.1) is 0 Å². The van der Waals surface area contributed by atoms with Crippen LogP contribution in [0.1, 0.15) is 34.8 Å². The number of hydrogen-bond acceptors (Lipinski definition) is 4. The molecule has 3 rings (SSSR count). The molecule has 0 spiro atoms. The van der Waals surface area contributed by atoms with Gasteiger partial charge in [0.2, 0.25) is 0 Å². The number of carbonyl (C=O) groups excluding carboxylic acids is 1. The fraction of sp³-hybridized carbons (Fsp3) is 0.611. The molecule has 0 bridgehead atoms. The molecule has 2 heterocycles. The number of amides is 1. The Labute approximate surface area is 138 Å². The number of benzene rings is 1. The molecule has 23 heavy (non-hydrogen) atoms. The molecule has 126 valence electrons. The van der Waals surface area contributed by atoms with Gasteiger partial charge in [-0.25, -0.2) is 0 Å². The van der Waals surface area contributed by atoms with E-state index in [9.17, 15) is 4.79 Å². The van der Waals surface area contributed by atoms with Crippen LogP contribution in [0.15, 0.2) is 24.3 Å². The third-order valence-corrected chi connectivity index (χ3v) is 5.15. The fourth-order valence-electron chi connectivity index (χ4n) is 3.67. The molecule has 1 amide bonds. The average Bonchev–Trinajstić information content (AvgIpc) is 2.62. The smallest absolute Gasteiger partial charge is 0.251 e. The zero-order valence-electron chi connectivity index (χ0n) is 14.1. The summed E-state index contributed by atoms with van der Waals surface area (Å²) in [4.78, 5) is 16.9. The highest BCUT2D eigenvalue weighted by Gasteiger charge is 2.30. The van der Waals surface area contributed by atoms with Crippen molar-refractivity contribution in [1.82, 2.24) is 15.1 Å². The van der Waals surface area contributed by atoms with Crippen LogP contribution in [-0.2, 0) is 4.74 Å². The first-order chi connectivity index (χ1) is 11.2. The third-order valence-electron chi connectivity index (χ3n) is 5.15. The summed E-state index contributed by atoms with van der Waals surface area (Å²) in [6.07, 6.45) is 2.27. The molecular formula is C18H27N3O2. The van der Waals surface area contributed by atoms with Crippen LogP contribution in [0.2, 0.25) is 0 Å². The van der Waals surface area contributed by atoms with E-state index < -0.39 is 0 Å². The van der Waals surface area contributed by atoms with E-state index in [0.717, 1.165) is 51.3 Å². The van der Waals surface area contributed by atoms with Crippen LogP contribution in [0.25, 0.3) is 0 Å². The predicted octanol–water partition coefficient (Wildman–Crippen LogP) is 1.51. The Bertz CT molecular complexity index is 543. The Morgan fingerprint density at radius 2 is 2.04 bits per heavy atom. The summed E-state index contributed by atoms with van der Waals surface area (Å²) in [5.41, 5.74) is 1.96. The van der Waals surface area contributed by atoms with Crippen molar-refractivity contribution in [3.8, 4) is 0 Å². The zero-order valence-corrected chi connectivity index (χ0v) is 14.1. The van der Waals surface area contributed by atoms with Gasteiger partial charge in [0.25, 0.3) is 5.91 Å². The van der Waals surface area contributed by atoms with Crippen LogP contribution in [0.3, 0.4) is 0 Å². The molecule has 2 aliphatic rings. The SMILES string of the molecule is CNC(=O)c1cccc(C2CN(C3CCOCC3)CCN2C)c1. The molecular weight excluding hydrogens is 290 g/mol. The van der Waals surface area contributed by atoms with Crippen molar-refractivity contribution in [1.29, 1.82) is 0 Å². The summed E-state index contributed by atoms with van der Waals surface area (Å²) in [7, 11) is 3.85. The molecule has 5 nitrogen and oxygen atoms in total. The molecule has 1 atom stereocenters. The number of carbonyl (C=O) groups is 1. The van der Waals surface area contributed by atoms with Crippen molar-refractivity contribution in [2.75, 3.05) is 46.9 Å². The van der Waals surface area contributed by atoms with Gasteiger partial charge < -0.3 is 10.1 Å². The number of nitrogens with one attached hydrogen (secondary N) is 1. The maximum absolute atomic E-state index is 11.9. The molecule has 1 N–H and O–H groups in total. The summed E-state index contributed by atoms with van der Waals surface area (Å²) in [6, 6.07) is 9.02. The monoisotopic (exact) mass is 317 g/mol. The summed E-state index contributed by atoms with van der Waals surface area (Å²) < 4.78 is 5.50. The largest absolute Gasteiger partial charge is 0.381 e. The van der Waals surface area contributed by atoms with Gasteiger partial charge in [-0.15, -0.1) is 0 Å². The van der Waals surface area contributed by atoms with Gasteiger partial charge in [-0.1, -0.05) is 12.1 Å². The van der Waals surface area contributed by atoms with Gasteiger partial charge in [0.05, 0.1) is 0 Å². The van der Waals surface area contributed by atoms with Crippen molar-refractivity contribution < 1.29 is 9.53 Å². The van der Waals surface area contributed by atoms with Crippen LogP contribution < -0.4 is 5.32 Å². The van der Waals surface area contributed by atoms with Crippen LogP contribution in [-0.4, -0.2) is 68.7 Å². The zero-order chi connectivity index (χ0) is 16.2. The van der Waals surface area contributed by atoms with Gasteiger partial charge >= 0.3 is 0 Å². The molecule has 0 radical (unpaired) electrons. The van der Waals surface area contributed by atoms with E-state index in [4.69, 9.17) is 4.74 Å². The van der Waals surface area contributed by atoms with Gasteiger partial charge in [0.1, 0.15) is 0 Å². The highest BCUT2D eigenvalue weighted by molar-refractivity contribution is 5.94. The first kappa shape index (κ1) is 16.4. The Morgan fingerprint density at radius 3 is 2.78 bits per heavy atom. The van der Waals surface area contributed by atoms with Gasteiger partial charge in [-0.2, -0.15) is 0 Å². The lowest BCUT2D eigenvalue weighted by Crippen LogP contribution is -2.51. The van der Waals surface area contributed by atoms with Crippen molar-refractivity contribution in [3.63, 3.8) is 0 Å². The van der Waals surface area contributed by atoms with E-state index in [1.165, 1.54) is 5.56 Å². The quantitative estimate of drug-likeness (QED) is 0.918. The molecule has 2 fully saturated rings. The van der Waals surface area contributed by atoms with E-state index >= 15 is 0 Å². The second-order valence-corrected chi connectivity index (χ2v) is 6.54. The van der Waals surface area contributed by atoms with E-state index in [1.807, 2.05) is 18.2 Å². The van der Waals surface area contributed by atoms with Gasteiger partial charge in [-0.3, -0.25) is 14.6 Å². The minimum absolute atomic E-state index is 0.0217. The molecule has 0 aromatic heterocycles. The minimum Gasteiger partial charge on any atom is -0.381 e. The second-order valence-electron chi connectivity index (χ2n) is 6.54. The van der Waals surface area contributed by atoms with Crippen molar-refractivity contribution in [3.05, 3.63) is 35.4 Å². The van der Waals surface area contributed by atoms with Crippen LogP contribution in [0.5, 0.6) is 0 Å². The second kappa shape index (κ2) is 7.43. The van der Waals surface area contributed by atoms with Crippen LogP contribution in [0.4, 0.5) is 0 Å². The maximum Gasteiger partial charge on any atom is 0.251 e. The first-order valence-electron chi connectivity index (χ1n) is 8.53. The fourth-order valence-corrected chi connectivity index (χ4v) is 3.67. The lowest BCUT2D eigenvalue weighted by atomic mass is 9.98. The topological polar surface area (TPSA) is 44.8 Å². The molecule has 0 aliphatic carbocycles. The molecule has 1 unspecified atom stereocenters. The van der Waals surface area contributed by atoms with Crippen molar-refractivity contribution >= 4 is 5.91 Å². The summed E-state index contributed by atoms with van der Waals surface area (Å²) in [5.74, 6) is -0.0217. The number of likely N-dealkylation sites (N-methyl/N-ethyl adjacent to an activating group) is 1. The third kappa shape index (κ3) is 3.74. The number of piperazine rings is 1. The Kier molecular flexibility index (Phi) is 5.30. The predicted molar refractivity (Wildman–Crippen MR) is 90.6 cm³/mol. The number of nitrogens with zero attached hydrogens (tertiary/aromatic N) is 2. The lowest BCUT2D eigenvalue weighted by Gasteiger charge is -2.44. The molecule has 1 aromatic rings. The van der Waals surface area contributed by atoms with Gasteiger partial charge in [0.15, 0.2) is 0 Å². The van der Waals surface area contributed by atoms with Gasteiger partial charge in [0, 0.05) is 57.5 Å². The Hall–Kier alpha value is -1.43. The molecule has 1 aromatic carbocycles. The van der Waals surface area contributed by atoms with E-state index in [2.05, 4.69) is 28.2 Å². The van der Waals surface area contributed by atoms with Crippen molar-refractivity contribution in [2.24, 2.45) is 0 Å². The molecule has 0 saturated carbocycles. The number of rotatable bonds is 3. The highest BCUT2D eigenvalue weighted by atomic mass is 16.5. The van der Waals surface area contributed by atoms with E-state index in [-0.39, 0.29) is 5.91 Å². The van der Waals surface area contributed by atoms with E-state index in [0.29, 0.717) is 12.1 Å². The molecule has 5 heteroatoms. The average molecular weight is 317 g/mol. The standard InChI is InChI=1S/C18H27N3O2/c1-19-18(22)15-5-3-4-14(12-15)17-13-21(9-8-20(17)2)16-6-10-23-11-7-16/h3-5,12,16-17H,6-11,13H2,1-2H3,(H,19,22). The Morgan fingerprint density at radius 1 is 1.26 bits per heavy atom. The first-order valence-corrected chi connectivity index (χ1v) is 8.53. The molecule has 2 aliphatic heterocycles. The summed E-state index contributed by atoms with van der Waals surface area (Å²) >= 11 is 0. The van der Waals surface area contributed by atoms with Crippen LogP contribution >= 0.6 is 0 Å². The highest BCUT2D eigenvalue weighted by Crippen LogP contribution is 2.27. The Balaban J connectivity index is 1.75. The normalized spacial score (nSPS) is 24.5. The van der Waals surface area contributed by atoms with E-state index in [1.54, 1.807) is 7.05 Å². The van der Waals surface area contributed by atoms with Gasteiger partial charge in [-0.05, 0) is 37.6 Å². The lowest BCUT2D eigenvalue weighted by molar-refractivity contribution is 0.000987. The number of ether oxygens (including phenoxy) is 1. The molecule has 2 saturated heterocycles.